The van der Waals surface area contributed by atoms with Gasteiger partial charge in [-0.1, -0.05) is 76.8 Å². The summed E-state index contributed by atoms with van der Waals surface area (Å²) in [5.74, 6) is -0.493. The molecule has 1 aromatic carbocycles. The maximum absolute atomic E-state index is 12.7. The van der Waals surface area contributed by atoms with Crippen molar-refractivity contribution in [2.45, 2.75) is 90.5 Å². The number of hydrogen-bond donors (Lipinski definition) is 1. The van der Waals surface area contributed by atoms with Crippen molar-refractivity contribution in [2.24, 2.45) is 0 Å². The lowest BCUT2D eigenvalue weighted by Gasteiger charge is -2.34. The zero-order chi connectivity index (χ0) is 24.6. The van der Waals surface area contributed by atoms with Crippen molar-refractivity contribution in [1.29, 1.82) is 0 Å². The zero-order valence-electron chi connectivity index (χ0n) is 21.0. The molecule has 7 nitrogen and oxygen atoms in total. The first-order valence-electron chi connectivity index (χ1n) is 12.9. The Morgan fingerprint density at radius 1 is 1.03 bits per heavy atom. The third-order valence-corrected chi connectivity index (χ3v) is 6.12. The molecule has 0 radical (unpaired) electrons. The van der Waals surface area contributed by atoms with Crippen molar-refractivity contribution in [1.82, 2.24) is 10.2 Å². The number of amides is 2. The Morgan fingerprint density at radius 2 is 1.71 bits per heavy atom. The minimum atomic E-state index is -0.859. The van der Waals surface area contributed by atoms with Gasteiger partial charge in [-0.2, -0.15) is 0 Å². The predicted octanol–water partition coefficient (Wildman–Crippen LogP) is 4.56. The first-order chi connectivity index (χ1) is 16.5. The van der Waals surface area contributed by atoms with Crippen molar-refractivity contribution in [3.05, 3.63) is 29.8 Å². The third kappa shape index (κ3) is 10.6. The Balaban J connectivity index is 1.65. The number of aryl methyl sites for hydroxylation is 1. The molecule has 1 N–H and O–H groups in total. The van der Waals surface area contributed by atoms with Crippen LogP contribution in [0.5, 0.6) is 5.75 Å². The third-order valence-electron chi connectivity index (χ3n) is 6.12. The van der Waals surface area contributed by atoms with Crippen LogP contribution in [0.25, 0.3) is 0 Å². The van der Waals surface area contributed by atoms with Gasteiger partial charge in [0.2, 0.25) is 5.91 Å². The van der Waals surface area contributed by atoms with E-state index in [9.17, 15) is 14.4 Å². The van der Waals surface area contributed by atoms with Gasteiger partial charge in [-0.25, -0.2) is 0 Å². The summed E-state index contributed by atoms with van der Waals surface area (Å²) in [5, 5.41) is 2.73. The van der Waals surface area contributed by atoms with Gasteiger partial charge in [0.05, 0.1) is 13.0 Å². The summed E-state index contributed by atoms with van der Waals surface area (Å²) in [6, 6.07) is 6.57. The molecule has 0 spiro atoms. The van der Waals surface area contributed by atoms with Crippen LogP contribution < -0.4 is 10.1 Å². The normalized spacial score (nSPS) is 15.6. The van der Waals surface area contributed by atoms with Crippen LogP contribution in [0.4, 0.5) is 0 Å². The molecule has 190 valence electrons. The second kappa shape index (κ2) is 16.1. The summed E-state index contributed by atoms with van der Waals surface area (Å²) in [6.07, 6.45) is 12.0. The van der Waals surface area contributed by atoms with Crippen LogP contribution in [-0.2, 0) is 19.1 Å². The lowest BCUT2D eigenvalue weighted by Crippen LogP contribution is -2.58. The van der Waals surface area contributed by atoms with E-state index in [4.69, 9.17) is 9.47 Å². The highest BCUT2D eigenvalue weighted by atomic mass is 16.5. The van der Waals surface area contributed by atoms with E-state index in [0.717, 1.165) is 24.8 Å². The van der Waals surface area contributed by atoms with E-state index in [0.29, 0.717) is 25.4 Å². The lowest BCUT2D eigenvalue weighted by atomic mass is 10.1. The molecule has 0 bridgehead atoms. The molecule has 1 heterocycles. The van der Waals surface area contributed by atoms with Crippen molar-refractivity contribution in [3.63, 3.8) is 0 Å². The Bertz CT molecular complexity index is 767. The van der Waals surface area contributed by atoms with Crippen molar-refractivity contribution < 1.29 is 23.9 Å². The van der Waals surface area contributed by atoms with Gasteiger partial charge in [0.25, 0.3) is 5.91 Å². The molecular formula is C27H42N2O5. The topological polar surface area (TPSA) is 84.9 Å². The van der Waals surface area contributed by atoms with Crippen LogP contribution in [0.2, 0.25) is 0 Å². The molecule has 7 heteroatoms. The number of piperazine rings is 1. The molecule has 2 amide bonds. The minimum absolute atomic E-state index is 0.139. The van der Waals surface area contributed by atoms with Gasteiger partial charge in [0.1, 0.15) is 11.8 Å². The number of hydrogen-bond acceptors (Lipinski definition) is 5. The number of carbonyl (C=O) groups is 3. The van der Waals surface area contributed by atoms with Crippen LogP contribution in [0.1, 0.15) is 83.1 Å². The first-order valence-corrected chi connectivity index (χ1v) is 12.9. The molecule has 1 saturated heterocycles. The quantitative estimate of drug-likeness (QED) is 0.281. The fraction of sp³-hybridized carbons (Fsp3) is 0.667. The highest BCUT2D eigenvalue weighted by Gasteiger charge is 2.35. The van der Waals surface area contributed by atoms with Gasteiger partial charge in [-0.05, 0) is 31.0 Å². The highest BCUT2D eigenvalue weighted by Crippen LogP contribution is 2.15. The number of unbranched alkanes of at least 4 members (excludes halogenated alkanes) is 9. The first kappa shape index (κ1) is 27.7. The molecule has 1 atom stereocenters. The smallest absolute Gasteiger partial charge is 0.308 e. The lowest BCUT2D eigenvalue weighted by molar-refractivity contribution is -0.152. The molecule has 0 aromatic heterocycles. The number of nitrogens with zero attached hydrogens (tertiary/aromatic N) is 1. The van der Waals surface area contributed by atoms with Gasteiger partial charge in [0, 0.05) is 13.1 Å². The summed E-state index contributed by atoms with van der Waals surface area (Å²) >= 11 is 0. The van der Waals surface area contributed by atoms with E-state index >= 15 is 0 Å². The second-order valence-electron chi connectivity index (χ2n) is 9.11. The van der Waals surface area contributed by atoms with Gasteiger partial charge >= 0.3 is 5.97 Å². The fourth-order valence-electron chi connectivity index (χ4n) is 4.14. The Morgan fingerprint density at radius 3 is 2.38 bits per heavy atom. The predicted molar refractivity (Wildman–Crippen MR) is 133 cm³/mol. The standard InChI is InChI=1S/C27H42N2O5/c1-3-4-5-6-7-8-9-10-11-12-18-33-26(31)20-24-27(32)28-16-17-29(24)25(30)21-34-23-15-13-14-22(2)19-23/h13-15,19,24H,3-12,16-18,20-21H2,1-2H3,(H,28,32). The van der Waals surface area contributed by atoms with Gasteiger partial charge in [-0.15, -0.1) is 0 Å². The largest absolute Gasteiger partial charge is 0.484 e. The average molecular weight is 475 g/mol. The Kier molecular flexibility index (Phi) is 13.1. The molecule has 2 rings (SSSR count). The zero-order valence-corrected chi connectivity index (χ0v) is 21.0. The van der Waals surface area contributed by atoms with Gasteiger partial charge in [0.15, 0.2) is 6.61 Å². The molecule has 1 aromatic rings. The van der Waals surface area contributed by atoms with Gasteiger partial charge in [-0.3, -0.25) is 14.4 Å². The monoisotopic (exact) mass is 474 g/mol. The van der Waals surface area contributed by atoms with E-state index in [1.54, 1.807) is 6.07 Å². The molecule has 0 aliphatic carbocycles. The van der Waals surface area contributed by atoms with Gasteiger partial charge < -0.3 is 19.7 Å². The van der Waals surface area contributed by atoms with Crippen LogP contribution >= 0.6 is 0 Å². The number of ether oxygens (including phenoxy) is 2. The Labute approximate surface area is 204 Å². The average Bonchev–Trinajstić information content (AvgIpc) is 2.82. The van der Waals surface area contributed by atoms with Crippen molar-refractivity contribution in [3.8, 4) is 5.75 Å². The molecule has 1 fully saturated rings. The van der Waals surface area contributed by atoms with E-state index in [1.807, 2.05) is 25.1 Å². The van der Waals surface area contributed by atoms with Crippen LogP contribution in [0, 0.1) is 6.92 Å². The molecular weight excluding hydrogens is 432 g/mol. The minimum Gasteiger partial charge on any atom is -0.484 e. The van der Waals surface area contributed by atoms with E-state index < -0.39 is 12.0 Å². The molecule has 34 heavy (non-hydrogen) atoms. The number of rotatable bonds is 16. The SMILES string of the molecule is CCCCCCCCCCCCOC(=O)CC1C(=O)NCCN1C(=O)COc1cccc(C)c1. The number of benzene rings is 1. The van der Waals surface area contributed by atoms with Crippen molar-refractivity contribution >= 4 is 17.8 Å². The highest BCUT2D eigenvalue weighted by molar-refractivity contribution is 5.92. The number of nitrogens with one attached hydrogen (secondary N) is 1. The summed E-state index contributed by atoms with van der Waals surface area (Å²) in [4.78, 5) is 38.8. The number of esters is 1. The fourth-order valence-corrected chi connectivity index (χ4v) is 4.14. The summed E-state index contributed by atoms with van der Waals surface area (Å²) in [6.45, 7) is 5.06. The van der Waals surface area contributed by atoms with Crippen LogP contribution in [0.3, 0.4) is 0 Å². The van der Waals surface area contributed by atoms with Crippen LogP contribution in [0.15, 0.2) is 24.3 Å². The van der Waals surface area contributed by atoms with Crippen molar-refractivity contribution in [2.75, 3.05) is 26.3 Å². The molecule has 1 unspecified atom stereocenters. The summed E-state index contributed by atoms with van der Waals surface area (Å²) in [5.41, 5.74) is 1.03. The van der Waals surface area contributed by atoms with E-state index in [-0.39, 0.29) is 24.8 Å². The summed E-state index contributed by atoms with van der Waals surface area (Å²) < 4.78 is 10.9. The maximum Gasteiger partial charge on any atom is 0.308 e. The van der Waals surface area contributed by atoms with E-state index in [1.165, 1.54) is 49.8 Å². The molecule has 1 aliphatic rings. The Hall–Kier alpha value is -2.57. The summed E-state index contributed by atoms with van der Waals surface area (Å²) in [7, 11) is 0. The van der Waals surface area contributed by atoms with E-state index in [2.05, 4.69) is 12.2 Å². The molecule has 0 saturated carbocycles. The molecule has 1 aliphatic heterocycles. The maximum atomic E-state index is 12.7. The van der Waals surface area contributed by atoms with Crippen LogP contribution in [-0.4, -0.2) is 55.0 Å². The number of carbonyl (C=O) groups excluding carboxylic acids is 3. The second-order valence-corrected chi connectivity index (χ2v) is 9.11.